The van der Waals surface area contributed by atoms with Crippen molar-refractivity contribution in [1.29, 1.82) is 0 Å². The first-order valence-corrected chi connectivity index (χ1v) is 9.54. The standard InChI is InChI=1S/C21H21N5O5/c1-30-16-7-3-14(4-8-16)11-22-19(27)13-25-21(29)26-18(23-25)12-24(20(26)28)15-5-9-17(31-2)10-6-15/h3-10H,11-13H2,1-2H3,(H,22,27). The van der Waals surface area contributed by atoms with Gasteiger partial charge in [0.1, 0.15) is 18.0 Å². The Bertz CT molecular complexity index is 1160. The number of hydrogen-bond acceptors (Lipinski definition) is 6. The predicted octanol–water partition coefficient (Wildman–Crippen LogP) is 1.37. The van der Waals surface area contributed by atoms with Crippen molar-refractivity contribution >= 4 is 17.6 Å². The Hall–Kier alpha value is -4.08. The van der Waals surface area contributed by atoms with Crippen molar-refractivity contribution in [2.75, 3.05) is 19.1 Å². The minimum atomic E-state index is -0.643. The maximum atomic E-state index is 12.7. The molecule has 10 nitrogen and oxygen atoms in total. The molecule has 10 heteroatoms. The van der Waals surface area contributed by atoms with Crippen LogP contribution < -0.4 is 25.4 Å². The van der Waals surface area contributed by atoms with E-state index >= 15 is 0 Å². The van der Waals surface area contributed by atoms with Crippen LogP contribution in [-0.4, -0.2) is 40.5 Å². The summed E-state index contributed by atoms with van der Waals surface area (Å²) in [7, 11) is 3.14. The van der Waals surface area contributed by atoms with Crippen LogP contribution in [0.25, 0.3) is 0 Å². The second-order valence-corrected chi connectivity index (χ2v) is 6.88. The van der Waals surface area contributed by atoms with Gasteiger partial charge >= 0.3 is 11.7 Å². The third-order valence-corrected chi connectivity index (χ3v) is 4.95. The van der Waals surface area contributed by atoms with Gasteiger partial charge in [0, 0.05) is 12.2 Å². The zero-order valence-electron chi connectivity index (χ0n) is 17.1. The molecule has 1 aliphatic rings. The van der Waals surface area contributed by atoms with Crippen molar-refractivity contribution in [2.45, 2.75) is 19.6 Å². The van der Waals surface area contributed by atoms with Gasteiger partial charge in [-0.2, -0.15) is 9.67 Å². The van der Waals surface area contributed by atoms with Crippen LogP contribution in [0.3, 0.4) is 0 Å². The van der Waals surface area contributed by atoms with Crippen LogP contribution in [0.15, 0.2) is 53.3 Å². The summed E-state index contributed by atoms with van der Waals surface area (Å²) >= 11 is 0. The number of anilines is 1. The second kappa shape index (κ2) is 8.34. The van der Waals surface area contributed by atoms with Crippen molar-refractivity contribution in [1.82, 2.24) is 19.7 Å². The molecular formula is C21H21N5O5. The summed E-state index contributed by atoms with van der Waals surface area (Å²) in [6, 6.07) is 13.7. The number of nitrogens with one attached hydrogen (secondary N) is 1. The maximum Gasteiger partial charge on any atom is 0.354 e. The average Bonchev–Trinajstić information content (AvgIpc) is 3.28. The van der Waals surface area contributed by atoms with Gasteiger partial charge in [0.25, 0.3) is 0 Å². The summed E-state index contributed by atoms with van der Waals surface area (Å²) in [4.78, 5) is 39.1. The largest absolute Gasteiger partial charge is 0.497 e. The van der Waals surface area contributed by atoms with E-state index in [9.17, 15) is 14.4 Å². The number of carbonyl (C=O) groups is 2. The summed E-state index contributed by atoms with van der Waals surface area (Å²) < 4.78 is 12.2. The number of hydrogen-bond donors (Lipinski definition) is 1. The predicted molar refractivity (Wildman–Crippen MR) is 111 cm³/mol. The number of methoxy groups -OCH3 is 2. The first kappa shape index (κ1) is 20.2. The highest BCUT2D eigenvalue weighted by Crippen LogP contribution is 2.24. The molecule has 1 aliphatic heterocycles. The molecule has 3 aromatic rings. The highest BCUT2D eigenvalue weighted by Gasteiger charge is 2.33. The molecule has 0 aliphatic carbocycles. The van der Waals surface area contributed by atoms with E-state index in [2.05, 4.69) is 10.4 Å². The van der Waals surface area contributed by atoms with Crippen LogP contribution >= 0.6 is 0 Å². The highest BCUT2D eigenvalue weighted by molar-refractivity contribution is 5.96. The molecule has 0 saturated heterocycles. The van der Waals surface area contributed by atoms with Crippen LogP contribution in [0.1, 0.15) is 11.4 Å². The Labute approximate surface area is 177 Å². The molecule has 4 rings (SSSR count). The van der Waals surface area contributed by atoms with Crippen LogP contribution in [0.4, 0.5) is 10.5 Å². The summed E-state index contributed by atoms with van der Waals surface area (Å²) in [5, 5.41) is 6.91. The van der Waals surface area contributed by atoms with E-state index in [1.807, 2.05) is 12.1 Å². The molecular weight excluding hydrogens is 402 g/mol. The van der Waals surface area contributed by atoms with Gasteiger partial charge in [-0.15, -0.1) is 0 Å². The molecule has 2 amide bonds. The van der Waals surface area contributed by atoms with E-state index in [-0.39, 0.29) is 24.8 Å². The number of carbonyl (C=O) groups excluding carboxylic acids is 2. The molecule has 160 valence electrons. The summed E-state index contributed by atoms with van der Waals surface area (Å²) in [5.41, 5.74) is 0.870. The molecule has 0 unspecified atom stereocenters. The summed E-state index contributed by atoms with van der Waals surface area (Å²) in [6.45, 7) is 0.168. The van der Waals surface area contributed by atoms with Crippen molar-refractivity contribution < 1.29 is 19.1 Å². The van der Waals surface area contributed by atoms with E-state index in [0.717, 1.165) is 20.6 Å². The van der Waals surface area contributed by atoms with Crippen molar-refractivity contribution in [3.8, 4) is 11.5 Å². The smallest absolute Gasteiger partial charge is 0.354 e. The number of amides is 2. The SMILES string of the molecule is COc1ccc(CNC(=O)Cn2nc3n(c2=O)C(=O)N(c2ccc(OC)cc2)C3)cc1. The Balaban J connectivity index is 1.41. The quantitative estimate of drug-likeness (QED) is 0.615. The lowest BCUT2D eigenvalue weighted by molar-refractivity contribution is -0.122. The first-order valence-electron chi connectivity index (χ1n) is 9.54. The Morgan fingerprint density at radius 1 is 1.00 bits per heavy atom. The fraction of sp³-hybridized carbons (Fsp3) is 0.238. The molecule has 0 bridgehead atoms. The zero-order valence-corrected chi connectivity index (χ0v) is 17.1. The molecule has 0 radical (unpaired) electrons. The highest BCUT2D eigenvalue weighted by atomic mass is 16.5. The Morgan fingerprint density at radius 3 is 2.19 bits per heavy atom. The summed E-state index contributed by atoms with van der Waals surface area (Å²) in [5.74, 6) is 1.29. The molecule has 0 atom stereocenters. The third kappa shape index (κ3) is 4.00. The lowest BCUT2D eigenvalue weighted by Gasteiger charge is -2.15. The van der Waals surface area contributed by atoms with Crippen LogP contribution in [0, 0.1) is 0 Å². The van der Waals surface area contributed by atoms with Gasteiger partial charge < -0.3 is 14.8 Å². The number of rotatable bonds is 7. The second-order valence-electron chi connectivity index (χ2n) is 6.88. The fourth-order valence-corrected chi connectivity index (χ4v) is 3.28. The minimum Gasteiger partial charge on any atom is -0.497 e. The molecule has 0 spiro atoms. The van der Waals surface area contributed by atoms with E-state index in [1.165, 1.54) is 4.90 Å². The average molecular weight is 423 g/mol. The maximum absolute atomic E-state index is 12.7. The Kier molecular flexibility index (Phi) is 5.44. The third-order valence-electron chi connectivity index (χ3n) is 4.95. The van der Waals surface area contributed by atoms with Gasteiger partial charge in [-0.1, -0.05) is 12.1 Å². The lowest BCUT2D eigenvalue weighted by Crippen LogP contribution is -2.37. The normalized spacial score (nSPS) is 12.6. The molecule has 0 fully saturated rings. The van der Waals surface area contributed by atoms with Gasteiger partial charge in [0.05, 0.1) is 20.8 Å². The molecule has 2 aromatic carbocycles. The molecule has 0 saturated carbocycles. The van der Waals surface area contributed by atoms with Gasteiger partial charge in [-0.3, -0.25) is 9.69 Å². The number of fused-ring (bicyclic) bond motifs is 1. The van der Waals surface area contributed by atoms with Crippen molar-refractivity contribution in [2.24, 2.45) is 0 Å². The number of nitrogens with zero attached hydrogens (tertiary/aromatic N) is 4. The van der Waals surface area contributed by atoms with E-state index in [4.69, 9.17) is 9.47 Å². The Morgan fingerprint density at radius 2 is 1.61 bits per heavy atom. The van der Waals surface area contributed by atoms with Gasteiger partial charge in [-0.25, -0.2) is 14.3 Å². The van der Waals surface area contributed by atoms with Gasteiger partial charge in [0.2, 0.25) is 5.91 Å². The van der Waals surface area contributed by atoms with E-state index in [1.54, 1.807) is 50.6 Å². The van der Waals surface area contributed by atoms with Gasteiger partial charge in [-0.05, 0) is 42.0 Å². The fourth-order valence-electron chi connectivity index (χ4n) is 3.28. The number of ether oxygens (including phenoxy) is 2. The van der Waals surface area contributed by atoms with Crippen LogP contribution in [0.2, 0.25) is 0 Å². The molecule has 1 aromatic heterocycles. The number of benzene rings is 2. The molecule has 2 heterocycles. The van der Waals surface area contributed by atoms with Crippen molar-refractivity contribution in [3.63, 3.8) is 0 Å². The lowest BCUT2D eigenvalue weighted by atomic mass is 10.2. The summed E-state index contributed by atoms with van der Waals surface area (Å²) in [6.07, 6.45) is 0. The van der Waals surface area contributed by atoms with Crippen LogP contribution in [0.5, 0.6) is 11.5 Å². The topological polar surface area (TPSA) is 108 Å². The molecule has 31 heavy (non-hydrogen) atoms. The zero-order chi connectivity index (χ0) is 22.0. The minimum absolute atomic E-state index is 0.140. The molecule has 1 N–H and O–H groups in total. The van der Waals surface area contributed by atoms with Crippen molar-refractivity contribution in [3.05, 3.63) is 70.4 Å². The first-order chi connectivity index (χ1) is 15.0. The van der Waals surface area contributed by atoms with E-state index in [0.29, 0.717) is 18.0 Å². The van der Waals surface area contributed by atoms with E-state index < -0.39 is 11.7 Å². The number of aromatic nitrogens is 3. The van der Waals surface area contributed by atoms with Crippen LogP contribution in [-0.2, 0) is 24.4 Å². The van der Waals surface area contributed by atoms with Gasteiger partial charge in [0.15, 0.2) is 5.82 Å². The monoisotopic (exact) mass is 423 g/mol.